The summed E-state index contributed by atoms with van der Waals surface area (Å²) < 4.78 is 21.6. The van der Waals surface area contributed by atoms with Gasteiger partial charge in [-0.1, -0.05) is 48.5 Å². The molecule has 0 saturated heterocycles. The number of hydrogen-bond donors (Lipinski definition) is 1. The molecule has 162 valence electrons. The minimum Gasteiger partial charge on any atom is -0.493 e. The van der Waals surface area contributed by atoms with Crippen molar-refractivity contribution in [2.75, 3.05) is 6.61 Å². The van der Waals surface area contributed by atoms with Crippen LogP contribution in [0.1, 0.15) is 18.1 Å². The van der Waals surface area contributed by atoms with Crippen molar-refractivity contribution in [2.45, 2.75) is 19.9 Å². The molecule has 0 radical (unpaired) electrons. The van der Waals surface area contributed by atoms with E-state index in [2.05, 4.69) is 0 Å². The van der Waals surface area contributed by atoms with Crippen LogP contribution in [0.25, 0.3) is 22.5 Å². The van der Waals surface area contributed by atoms with Crippen LogP contribution in [0.15, 0.2) is 78.9 Å². The van der Waals surface area contributed by atoms with Gasteiger partial charge in [-0.3, -0.25) is 9.48 Å². The molecule has 0 unspecified atom stereocenters. The van der Waals surface area contributed by atoms with Crippen molar-refractivity contribution < 1.29 is 19.0 Å². The predicted octanol–water partition coefficient (Wildman–Crippen LogP) is 5.43. The van der Waals surface area contributed by atoms with Gasteiger partial charge in [0, 0.05) is 11.1 Å². The number of nitrogens with zero attached hydrogens (tertiary/aromatic N) is 2. The highest BCUT2D eigenvalue weighted by molar-refractivity contribution is 5.76. The molecule has 3 aromatic carbocycles. The summed E-state index contributed by atoms with van der Waals surface area (Å²) in [4.78, 5) is 11.2. The molecule has 1 N–H and O–H groups in total. The number of carbonyl (C=O) groups is 1. The fourth-order valence-corrected chi connectivity index (χ4v) is 3.65. The van der Waals surface area contributed by atoms with E-state index < -0.39 is 5.97 Å². The number of benzene rings is 3. The maximum atomic E-state index is 14.0. The molecular formula is C26H23FN2O3. The molecule has 4 rings (SSSR count). The number of hydrogen-bond acceptors (Lipinski definition) is 3. The van der Waals surface area contributed by atoms with Gasteiger partial charge in [0.05, 0.1) is 31.0 Å². The van der Waals surface area contributed by atoms with E-state index in [0.717, 1.165) is 11.3 Å². The first-order valence-corrected chi connectivity index (χ1v) is 10.4. The predicted molar refractivity (Wildman–Crippen MR) is 121 cm³/mol. The smallest absolute Gasteiger partial charge is 0.307 e. The molecule has 0 fully saturated rings. The second kappa shape index (κ2) is 9.47. The summed E-state index contributed by atoms with van der Waals surface area (Å²) in [5.41, 5.74) is 4.52. The third-order valence-corrected chi connectivity index (χ3v) is 5.05. The van der Waals surface area contributed by atoms with Crippen molar-refractivity contribution in [3.05, 3.63) is 95.8 Å². The number of ether oxygens (including phenoxy) is 1. The molecule has 0 bridgehead atoms. The molecule has 1 aromatic heterocycles. The molecule has 32 heavy (non-hydrogen) atoms. The zero-order chi connectivity index (χ0) is 22.5. The van der Waals surface area contributed by atoms with Gasteiger partial charge >= 0.3 is 5.97 Å². The quantitative estimate of drug-likeness (QED) is 0.405. The molecule has 0 spiro atoms. The Balaban J connectivity index is 1.84. The summed E-state index contributed by atoms with van der Waals surface area (Å²) in [7, 11) is 0. The van der Waals surface area contributed by atoms with Crippen molar-refractivity contribution in [3.8, 4) is 28.3 Å². The molecule has 1 heterocycles. The Morgan fingerprint density at radius 3 is 2.53 bits per heavy atom. The summed E-state index contributed by atoms with van der Waals surface area (Å²) in [5.74, 6) is -0.609. The topological polar surface area (TPSA) is 64.3 Å². The summed E-state index contributed by atoms with van der Waals surface area (Å²) >= 11 is 0. The molecule has 5 nitrogen and oxygen atoms in total. The van der Waals surface area contributed by atoms with E-state index in [9.17, 15) is 14.3 Å². The Hall–Kier alpha value is -3.93. The minimum absolute atomic E-state index is 0.0963. The van der Waals surface area contributed by atoms with E-state index in [4.69, 9.17) is 9.84 Å². The van der Waals surface area contributed by atoms with Crippen LogP contribution >= 0.6 is 0 Å². The average Bonchev–Trinajstić information content (AvgIpc) is 3.19. The van der Waals surface area contributed by atoms with Crippen LogP contribution in [-0.4, -0.2) is 27.5 Å². The van der Waals surface area contributed by atoms with Gasteiger partial charge in [-0.15, -0.1) is 0 Å². The van der Waals surface area contributed by atoms with Crippen molar-refractivity contribution in [1.29, 1.82) is 0 Å². The first-order valence-electron chi connectivity index (χ1n) is 10.4. The van der Waals surface area contributed by atoms with Gasteiger partial charge in [-0.2, -0.15) is 5.10 Å². The monoisotopic (exact) mass is 430 g/mol. The van der Waals surface area contributed by atoms with Crippen LogP contribution in [0.5, 0.6) is 5.75 Å². The molecule has 6 heteroatoms. The zero-order valence-electron chi connectivity index (χ0n) is 17.7. The van der Waals surface area contributed by atoms with Gasteiger partial charge in [0.15, 0.2) is 0 Å². The lowest BCUT2D eigenvalue weighted by atomic mass is 10.0. The molecule has 0 aliphatic carbocycles. The molecular weight excluding hydrogens is 407 g/mol. The van der Waals surface area contributed by atoms with Gasteiger partial charge < -0.3 is 9.84 Å². The summed E-state index contributed by atoms with van der Waals surface area (Å²) in [6, 6.07) is 23.5. The first-order chi connectivity index (χ1) is 15.5. The second-order valence-electron chi connectivity index (χ2n) is 7.40. The lowest BCUT2D eigenvalue weighted by Crippen LogP contribution is -2.04. The minimum atomic E-state index is -0.907. The van der Waals surface area contributed by atoms with Crippen LogP contribution in [0.3, 0.4) is 0 Å². The third-order valence-electron chi connectivity index (χ3n) is 5.05. The number of rotatable bonds is 8. The van der Waals surface area contributed by atoms with Crippen molar-refractivity contribution in [1.82, 2.24) is 9.78 Å². The van der Waals surface area contributed by atoms with Crippen LogP contribution in [-0.2, 0) is 17.8 Å². The third kappa shape index (κ3) is 4.86. The molecule has 0 aliphatic rings. The summed E-state index contributed by atoms with van der Waals surface area (Å²) in [6.45, 7) is 2.86. The number of halogens is 1. The summed E-state index contributed by atoms with van der Waals surface area (Å²) in [6.07, 6.45) is -0.0963. The fraction of sp³-hybridized carbons (Fsp3) is 0.154. The average molecular weight is 430 g/mol. The largest absolute Gasteiger partial charge is 0.493 e. The lowest BCUT2D eigenvalue weighted by Gasteiger charge is -2.10. The van der Waals surface area contributed by atoms with Gasteiger partial charge in [0.25, 0.3) is 0 Å². The maximum Gasteiger partial charge on any atom is 0.307 e. The second-order valence-corrected chi connectivity index (χ2v) is 7.40. The molecule has 0 atom stereocenters. The van der Waals surface area contributed by atoms with Crippen LogP contribution in [0, 0.1) is 5.82 Å². The fourth-order valence-electron chi connectivity index (χ4n) is 3.65. The normalized spacial score (nSPS) is 10.8. The highest BCUT2D eigenvalue weighted by atomic mass is 19.1. The SMILES string of the molecule is CCOc1ccc(CC(=O)O)cc1-c1cc(-c2cccc(F)c2)n(Cc2ccccc2)n1. The van der Waals surface area contributed by atoms with E-state index in [-0.39, 0.29) is 12.2 Å². The molecule has 0 saturated carbocycles. The highest BCUT2D eigenvalue weighted by Crippen LogP contribution is 2.34. The van der Waals surface area contributed by atoms with Gasteiger partial charge in [0.1, 0.15) is 11.6 Å². The van der Waals surface area contributed by atoms with E-state index >= 15 is 0 Å². The van der Waals surface area contributed by atoms with Crippen LogP contribution < -0.4 is 4.74 Å². The maximum absolute atomic E-state index is 14.0. The Labute approximate surface area is 185 Å². The highest BCUT2D eigenvalue weighted by Gasteiger charge is 2.17. The van der Waals surface area contributed by atoms with Crippen LogP contribution in [0.2, 0.25) is 0 Å². The zero-order valence-corrected chi connectivity index (χ0v) is 17.7. The van der Waals surface area contributed by atoms with E-state index in [1.54, 1.807) is 24.3 Å². The number of carboxylic acid groups (broad SMARTS) is 1. The Bertz CT molecular complexity index is 1240. The van der Waals surface area contributed by atoms with Crippen molar-refractivity contribution >= 4 is 5.97 Å². The lowest BCUT2D eigenvalue weighted by molar-refractivity contribution is -0.136. The first kappa shape index (κ1) is 21.3. The van der Waals surface area contributed by atoms with E-state index in [1.165, 1.54) is 12.1 Å². The Morgan fingerprint density at radius 2 is 1.81 bits per heavy atom. The number of aromatic nitrogens is 2. The summed E-state index contributed by atoms with van der Waals surface area (Å²) in [5, 5.41) is 14.0. The Morgan fingerprint density at radius 1 is 1.00 bits per heavy atom. The van der Waals surface area contributed by atoms with E-state index in [1.807, 2.05) is 54.1 Å². The van der Waals surface area contributed by atoms with Gasteiger partial charge in [-0.25, -0.2) is 4.39 Å². The van der Waals surface area contributed by atoms with Gasteiger partial charge in [-0.05, 0) is 48.4 Å². The molecule has 0 amide bonds. The van der Waals surface area contributed by atoms with Crippen molar-refractivity contribution in [3.63, 3.8) is 0 Å². The Kier molecular flexibility index (Phi) is 6.31. The number of carboxylic acids is 1. The van der Waals surface area contributed by atoms with E-state index in [0.29, 0.717) is 41.3 Å². The number of aliphatic carboxylic acids is 1. The molecule has 0 aliphatic heterocycles. The molecule has 4 aromatic rings. The van der Waals surface area contributed by atoms with Crippen molar-refractivity contribution in [2.24, 2.45) is 0 Å². The van der Waals surface area contributed by atoms with Gasteiger partial charge in [0.2, 0.25) is 0 Å². The standard InChI is InChI=1S/C26H23FN2O3/c1-2-32-25-12-11-19(14-26(30)31)13-22(25)23-16-24(20-9-6-10-21(27)15-20)29(28-23)17-18-7-4-3-5-8-18/h3-13,15-16H,2,14,17H2,1H3,(H,30,31). The van der Waals surface area contributed by atoms with Crippen LogP contribution in [0.4, 0.5) is 4.39 Å².